The number of benzene rings is 1. The van der Waals surface area contributed by atoms with Crippen LogP contribution in [-0.2, 0) is 4.79 Å². The van der Waals surface area contributed by atoms with Gasteiger partial charge in [-0.05, 0) is 37.8 Å². The third kappa shape index (κ3) is 4.13. The molecule has 0 heterocycles. The van der Waals surface area contributed by atoms with Crippen molar-refractivity contribution < 1.29 is 19.4 Å². The highest BCUT2D eigenvalue weighted by Crippen LogP contribution is 2.38. The van der Waals surface area contributed by atoms with Crippen LogP contribution in [-0.4, -0.2) is 36.9 Å². The lowest BCUT2D eigenvalue weighted by atomic mass is 10.0. The number of rotatable bonds is 7. The lowest BCUT2D eigenvalue weighted by Gasteiger charge is -2.23. The van der Waals surface area contributed by atoms with Crippen molar-refractivity contribution in [2.75, 3.05) is 20.3 Å². The predicted octanol–water partition coefficient (Wildman–Crippen LogP) is 1.35. The molecule has 1 unspecified atom stereocenters. The minimum Gasteiger partial charge on any atom is -0.497 e. The first-order valence-electron chi connectivity index (χ1n) is 6.77. The molecule has 5 heteroatoms. The number of amides is 1. The van der Waals surface area contributed by atoms with Crippen molar-refractivity contribution in [2.24, 2.45) is 5.92 Å². The summed E-state index contributed by atoms with van der Waals surface area (Å²) in [4.78, 5) is 11.7. The summed E-state index contributed by atoms with van der Waals surface area (Å²) in [5.74, 6) is 1.32. The second-order valence-electron chi connectivity index (χ2n) is 5.38. The molecule has 1 amide bonds. The summed E-state index contributed by atoms with van der Waals surface area (Å²) in [6.07, 6.45) is 2.06. The van der Waals surface area contributed by atoms with Crippen molar-refractivity contribution in [1.82, 2.24) is 5.32 Å². The first kappa shape index (κ1) is 14.7. The Morgan fingerprint density at radius 3 is 2.80 bits per heavy atom. The van der Waals surface area contributed by atoms with Crippen LogP contribution in [0.25, 0.3) is 0 Å². The van der Waals surface area contributed by atoms with E-state index in [0.29, 0.717) is 17.4 Å². The zero-order chi connectivity index (χ0) is 14.6. The molecule has 2 rings (SSSR count). The Morgan fingerprint density at radius 2 is 2.15 bits per heavy atom. The Kier molecular flexibility index (Phi) is 4.49. The van der Waals surface area contributed by atoms with Crippen molar-refractivity contribution in [2.45, 2.75) is 25.4 Å². The lowest BCUT2D eigenvalue weighted by molar-refractivity contribution is -0.124. The molecule has 5 nitrogen and oxygen atoms in total. The van der Waals surface area contributed by atoms with Gasteiger partial charge in [-0.15, -0.1) is 0 Å². The van der Waals surface area contributed by atoms with Crippen LogP contribution in [0.3, 0.4) is 0 Å². The average molecular weight is 279 g/mol. The van der Waals surface area contributed by atoms with Gasteiger partial charge in [-0.1, -0.05) is 6.07 Å². The molecule has 0 aromatic heterocycles. The van der Waals surface area contributed by atoms with Crippen molar-refractivity contribution in [1.29, 1.82) is 0 Å². The van der Waals surface area contributed by atoms with Gasteiger partial charge < -0.3 is 19.9 Å². The molecule has 1 aliphatic carbocycles. The molecule has 1 aromatic rings. The Hall–Kier alpha value is -1.75. The van der Waals surface area contributed by atoms with Gasteiger partial charge in [0.15, 0.2) is 6.61 Å². The Balaban J connectivity index is 1.74. The van der Waals surface area contributed by atoms with Crippen LogP contribution in [0.4, 0.5) is 0 Å². The Bertz CT molecular complexity index is 469. The number of aliphatic hydroxyl groups is 1. The summed E-state index contributed by atoms with van der Waals surface area (Å²) in [6.45, 7) is 1.94. The van der Waals surface area contributed by atoms with E-state index in [1.54, 1.807) is 38.3 Å². The van der Waals surface area contributed by atoms with Crippen LogP contribution in [0.1, 0.15) is 19.8 Å². The standard InChI is InChI=1S/C15H21NO4/c1-15(18,11-6-7-11)10-16-14(17)9-20-13-5-3-4-12(8-13)19-2/h3-5,8,11,18H,6-7,9-10H2,1-2H3,(H,16,17). The fraction of sp³-hybridized carbons (Fsp3) is 0.533. The summed E-state index contributed by atoms with van der Waals surface area (Å²) in [5, 5.41) is 12.8. The second-order valence-corrected chi connectivity index (χ2v) is 5.38. The van der Waals surface area contributed by atoms with Crippen LogP contribution < -0.4 is 14.8 Å². The molecule has 110 valence electrons. The number of nitrogens with one attached hydrogen (secondary N) is 1. The first-order chi connectivity index (χ1) is 9.51. The highest BCUT2D eigenvalue weighted by Gasteiger charge is 2.39. The van der Waals surface area contributed by atoms with Gasteiger partial charge >= 0.3 is 0 Å². The van der Waals surface area contributed by atoms with Crippen LogP contribution in [0.15, 0.2) is 24.3 Å². The highest BCUT2D eigenvalue weighted by atomic mass is 16.5. The zero-order valence-corrected chi connectivity index (χ0v) is 11.9. The summed E-state index contributed by atoms with van der Waals surface area (Å²) in [7, 11) is 1.58. The molecule has 0 spiro atoms. The SMILES string of the molecule is COc1cccc(OCC(=O)NCC(C)(O)C2CC2)c1. The van der Waals surface area contributed by atoms with Gasteiger partial charge in [-0.2, -0.15) is 0 Å². The molecule has 1 fully saturated rings. The van der Waals surface area contributed by atoms with Crippen LogP contribution in [0.5, 0.6) is 11.5 Å². The van der Waals surface area contributed by atoms with Crippen LogP contribution in [0.2, 0.25) is 0 Å². The largest absolute Gasteiger partial charge is 0.497 e. The molecule has 2 N–H and O–H groups in total. The van der Waals surface area contributed by atoms with Gasteiger partial charge in [0.1, 0.15) is 11.5 Å². The van der Waals surface area contributed by atoms with Gasteiger partial charge in [0.2, 0.25) is 0 Å². The monoisotopic (exact) mass is 279 g/mol. The van der Waals surface area contributed by atoms with E-state index in [4.69, 9.17) is 9.47 Å². The summed E-state index contributed by atoms with van der Waals surface area (Å²) in [6, 6.07) is 7.08. The predicted molar refractivity (Wildman–Crippen MR) is 74.8 cm³/mol. The Morgan fingerprint density at radius 1 is 1.45 bits per heavy atom. The van der Waals surface area contributed by atoms with E-state index in [1.165, 1.54) is 0 Å². The highest BCUT2D eigenvalue weighted by molar-refractivity contribution is 5.77. The number of ether oxygens (including phenoxy) is 2. The summed E-state index contributed by atoms with van der Waals surface area (Å²) < 4.78 is 10.5. The zero-order valence-electron chi connectivity index (χ0n) is 11.9. The summed E-state index contributed by atoms with van der Waals surface area (Å²) in [5.41, 5.74) is -0.814. The van der Waals surface area contributed by atoms with E-state index in [9.17, 15) is 9.90 Å². The van der Waals surface area contributed by atoms with Gasteiger partial charge in [0.05, 0.1) is 12.7 Å². The van der Waals surface area contributed by atoms with Gasteiger partial charge in [-0.25, -0.2) is 0 Å². The van der Waals surface area contributed by atoms with Crippen molar-refractivity contribution in [3.05, 3.63) is 24.3 Å². The number of hydrogen-bond donors (Lipinski definition) is 2. The maximum atomic E-state index is 11.7. The maximum Gasteiger partial charge on any atom is 0.258 e. The van der Waals surface area contributed by atoms with Gasteiger partial charge in [0, 0.05) is 12.6 Å². The fourth-order valence-corrected chi connectivity index (χ4v) is 2.02. The van der Waals surface area contributed by atoms with Crippen molar-refractivity contribution >= 4 is 5.91 Å². The van der Waals surface area contributed by atoms with Crippen molar-refractivity contribution in [3.8, 4) is 11.5 Å². The first-order valence-corrected chi connectivity index (χ1v) is 6.77. The van der Waals surface area contributed by atoms with E-state index in [-0.39, 0.29) is 19.1 Å². The number of carbonyl (C=O) groups excluding carboxylic acids is 1. The molecular formula is C15H21NO4. The van der Waals surface area contributed by atoms with E-state index < -0.39 is 5.60 Å². The summed E-state index contributed by atoms with van der Waals surface area (Å²) >= 11 is 0. The molecule has 1 aliphatic rings. The van der Waals surface area contributed by atoms with Crippen LogP contribution in [0, 0.1) is 5.92 Å². The number of methoxy groups -OCH3 is 1. The van der Waals surface area contributed by atoms with E-state index in [2.05, 4.69) is 5.32 Å². The quantitative estimate of drug-likeness (QED) is 0.790. The van der Waals surface area contributed by atoms with E-state index >= 15 is 0 Å². The molecular weight excluding hydrogens is 258 g/mol. The molecule has 1 aromatic carbocycles. The third-order valence-electron chi connectivity index (χ3n) is 3.51. The average Bonchev–Trinajstić information content (AvgIpc) is 3.28. The molecule has 20 heavy (non-hydrogen) atoms. The van der Waals surface area contributed by atoms with E-state index in [0.717, 1.165) is 12.8 Å². The third-order valence-corrected chi connectivity index (χ3v) is 3.51. The van der Waals surface area contributed by atoms with Crippen LogP contribution >= 0.6 is 0 Å². The normalized spacial score (nSPS) is 17.1. The number of carbonyl (C=O) groups is 1. The second kappa shape index (κ2) is 6.13. The maximum absolute atomic E-state index is 11.7. The fourth-order valence-electron chi connectivity index (χ4n) is 2.02. The topological polar surface area (TPSA) is 67.8 Å². The minimum atomic E-state index is -0.814. The van der Waals surface area contributed by atoms with Gasteiger partial charge in [0.25, 0.3) is 5.91 Å². The molecule has 1 saturated carbocycles. The molecule has 0 saturated heterocycles. The smallest absolute Gasteiger partial charge is 0.258 e. The van der Waals surface area contributed by atoms with E-state index in [1.807, 2.05) is 0 Å². The molecule has 0 aliphatic heterocycles. The lowest BCUT2D eigenvalue weighted by Crippen LogP contribution is -2.43. The van der Waals surface area contributed by atoms with Crippen molar-refractivity contribution in [3.63, 3.8) is 0 Å². The van der Waals surface area contributed by atoms with Gasteiger partial charge in [-0.3, -0.25) is 4.79 Å². The molecule has 1 atom stereocenters. The minimum absolute atomic E-state index is 0.0755. The molecule has 0 bridgehead atoms. The number of hydrogen-bond acceptors (Lipinski definition) is 4. The Labute approximate surface area is 118 Å². The molecule has 0 radical (unpaired) electrons.